The van der Waals surface area contributed by atoms with Crippen molar-refractivity contribution in [3.63, 3.8) is 0 Å². The summed E-state index contributed by atoms with van der Waals surface area (Å²) >= 11 is 3.43. The molecule has 1 aromatic rings. The van der Waals surface area contributed by atoms with Crippen LogP contribution in [-0.4, -0.2) is 11.9 Å². The summed E-state index contributed by atoms with van der Waals surface area (Å²) in [5, 5.41) is 3.13. The van der Waals surface area contributed by atoms with Gasteiger partial charge in [-0.3, -0.25) is 4.79 Å². The number of hydrogen-bond acceptors (Lipinski definition) is 1. The van der Waals surface area contributed by atoms with Gasteiger partial charge in [-0.05, 0) is 50.3 Å². The summed E-state index contributed by atoms with van der Waals surface area (Å²) in [4.78, 5) is 12.1. The number of carbonyl (C=O) groups is 1. The first-order valence-corrected chi connectivity index (χ1v) is 7.64. The summed E-state index contributed by atoms with van der Waals surface area (Å²) in [7, 11) is 0. The van der Waals surface area contributed by atoms with E-state index in [2.05, 4.69) is 52.5 Å². The monoisotopic (exact) mass is 321 g/mol. The van der Waals surface area contributed by atoms with Crippen molar-refractivity contribution in [2.45, 2.75) is 38.6 Å². The third kappa shape index (κ3) is 4.50. The zero-order valence-electron chi connectivity index (χ0n) is 11.2. The van der Waals surface area contributed by atoms with E-state index in [1.54, 1.807) is 0 Å². The van der Waals surface area contributed by atoms with Crippen LogP contribution in [0.2, 0.25) is 0 Å². The van der Waals surface area contributed by atoms with Crippen LogP contribution in [0.3, 0.4) is 0 Å². The number of benzene rings is 1. The Kier molecular flexibility index (Phi) is 5.20. The van der Waals surface area contributed by atoms with Crippen LogP contribution < -0.4 is 5.32 Å². The van der Waals surface area contributed by atoms with Crippen molar-refractivity contribution < 1.29 is 4.79 Å². The van der Waals surface area contributed by atoms with E-state index < -0.39 is 0 Å². The lowest BCUT2D eigenvalue weighted by Gasteiger charge is -2.21. The number of halogens is 1. The molecule has 0 spiro atoms. The van der Waals surface area contributed by atoms with Crippen LogP contribution in [0.1, 0.15) is 31.7 Å². The van der Waals surface area contributed by atoms with Gasteiger partial charge in [0.15, 0.2) is 0 Å². The van der Waals surface area contributed by atoms with E-state index in [4.69, 9.17) is 0 Å². The molecular formula is C16H20BrNO. The molecular weight excluding hydrogens is 302 g/mol. The second-order valence-corrected chi connectivity index (χ2v) is 6.14. The standard InChI is InChI=1S/C16H20BrNO/c1-12(11-13-7-9-15(17)10-8-13)18-16(19)14-5-3-2-4-6-14/h2-3,7-10,12,14H,4-6,11H2,1H3,(H,18,19)/t12-,14+/m1/s1. The largest absolute Gasteiger partial charge is 0.353 e. The number of rotatable bonds is 4. The topological polar surface area (TPSA) is 29.1 Å². The van der Waals surface area contributed by atoms with E-state index in [0.717, 1.165) is 30.2 Å². The van der Waals surface area contributed by atoms with Crippen LogP contribution in [0, 0.1) is 5.92 Å². The average molecular weight is 322 g/mol. The summed E-state index contributed by atoms with van der Waals surface area (Å²) in [5.74, 6) is 0.367. The molecule has 0 radical (unpaired) electrons. The van der Waals surface area contributed by atoms with E-state index >= 15 is 0 Å². The molecule has 3 heteroatoms. The van der Waals surface area contributed by atoms with Crippen LogP contribution in [0.4, 0.5) is 0 Å². The first-order chi connectivity index (χ1) is 9.15. The highest BCUT2D eigenvalue weighted by atomic mass is 79.9. The molecule has 102 valence electrons. The Balaban J connectivity index is 1.83. The van der Waals surface area contributed by atoms with Gasteiger partial charge in [0.2, 0.25) is 5.91 Å². The van der Waals surface area contributed by atoms with Gasteiger partial charge in [0.05, 0.1) is 0 Å². The number of nitrogens with one attached hydrogen (secondary N) is 1. The lowest BCUT2D eigenvalue weighted by Crippen LogP contribution is -2.38. The number of amides is 1. The molecule has 1 amide bonds. The predicted molar refractivity (Wildman–Crippen MR) is 81.9 cm³/mol. The van der Waals surface area contributed by atoms with Crippen molar-refractivity contribution in [1.82, 2.24) is 5.32 Å². The van der Waals surface area contributed by atoms with Gasteiger partial charge in [0.1, 0.15) is 0 Å². The number of hydrogen-bond donors (Lipinski definition) is 1. The molecule has 0 aliphatic heterocycles. The maximum absolute atomic E-state index is 12.1. The minimum absolute atomic E-state index is 0.164. The Labute approximate surface area is 123 Å². The first kappa shape index (κ1) is 14.3. The molecule has 1 aromatic carbocycles. The lowest BCUT2D eigenvalue weighted by molar-refractivity contribution is -0.125. The molecule has 19 heavy (non-hydrogen) atoms. The van der Waals surface area contributed by atoms with Crippen molar-refractivity contribution in [2.24, 2.45) is 5.92 Å². The number of carbonyl (C=O) groups excluding carboxylic acids is 1. The van der Waals surface area contributed by atoms with E-state index in [1.807, 2.05) is 12.1 Å². The summed E-state index contributed by atoms with van der Waals surface area (Å²) in [6.45, 7) is 2.07. The highest BCUT2D eigenvalue weighted by Crippen LogP contribution is 2.18. The Morgan fingerprint density at radius 2 is 2.11 bits per heavy atom. The van der Waals surface area contributed by atoms with Crippen molar-refractivity contribution in [2.75, 3.05) is 0 Å². The Hall–Kier alpha value is -1.09. The molecule has 2 atom stereocenters. The van der Waals surface area contributed by atoms with Gasteiger partial charge in [-0.1, -0.05) is 40.2 Å². The van der Waals surface area contributed by atoms with Gasteiger partial charge >= 0.3 is 0 Å². The minimum Gasteiger partial charge on any atom is -0.353 e. The quantitative estimate of drug-likeness (QED) is 0.838. The van der Waals surface area contributed by atoms with Gasteiger partial charge < -0.3 is 5.32 Å². The zero-order chi connectivity index (χ0) is 13.7. The van der Waals surface area contributed by atoms with E-state index in [-0.39, 0.29) is 17.9 Å². The zero-order valence-corrected chi connectivity index (χ0v) is 12.8. The molecule has 2 nitrogen and oxygen atoms in total. The lowest BCUT2D eigenvalue weighted by atomic mass is 9.93. The molecule has 0 unspecified atom stereocenters. The Morgan fingerprint density at radius 1 is 1.37 bits per heavy atom. The second-order valence-electron chi connectivity index (χ2n) is 5.22. The Morgan fingerprint density at radius 3 is 2.74 bits per heavy atom. The van der Waals surface area contributed by atoms with Gasteiger partial charge in [0.25, 0.3) is 0 Å². The molecule has 1 N–H and O–H groups in total. The van der Waals surface area contributed by atoms with Crippen LogP contribution in [0.25, 0.3) is 0 Å². The minimum atomic E-state index is 0.164. The van der Waals surface area contributed by atoms with Gasteiger partial charge in [-0.15, -0.1) is 0 Å². The van der Waals surface area contributed by atoms with Crippen LogP contribution in [0.5, 0.6) is 0 Å². The first-order valence-electron chi connectivity index (χ1n) is 6.85. The smallest absolute Gasteiger partial charge is 0.223 e. The van der Waals surface area contributed by atoms with Gasteiger partial charge in [-0.2, -0.15) is 0 Å². The molecule has 2 rings (SSSR count). The van der Waals surface area contributed by atoms with Crippen LogP contribution in [-0.2, 0) is 11.2 Å². The fourth-order valence-electron chi connectivity index (χ4n) is 2.42. The van der Waals surface area contributed by atoms with Crippen molar-refractivity contribution in [3.8, 4) is 0 Å². The van der Waals surface area contributed by atoms with Gasteiger partial charge in [0, 0.05) is 16.4 Å². The van der Waals surface area contributed by atoms with E-state index in [1.165, 1.54) is 5.56 Å². The predicted octanol–water partition coefficient (Wildman–Crippen LogP) is 3.85. The number of allylic oxidation sites excluding steroid dienone is 2. The maximum atomic E-state index is 12.1. The molecule has 0 heterocycles. The van der Waals surface area contributed by atoms with Crippen molar-refractivity contribution >= 4 is 21.8 Å². The summed E-state index contributed by atoms with van der Waals surface area (Å²) in [6.07, 6.45) is 8.05. The van der Waals surface area contributed by atoms with Crippen LogP contribution >= 0.6 is 15.9 Å². The second kappa shape index (κ2) is 6.90. The SMILES string of the molecule is C[C@H](Cc1ccc(Br)cc1)NC(=O)[C@H]1CC=CCC1. The average Bonchev–Trinajstić information content (AvgIpc) is 2.42. The molecule has 0 fully saturated rings. The van der Waals surface area contributed by atoms with E-state index in [9.17, 15) is 4.79 Å². The third-order valence-corrected chi connectivity index (χ3v) is 4.01. The van der Waals surface area contributed by atoms with Crippen molar-refractivity contribution in [1.29, 1.82) is 0 Å². The van der Waals surface area contributed by atoms with Gasteiger partial charge in [-0.25, -0.2) is 0 Å². The molecule has 0 saturated heterocycles. The molecule has 0 bridgehead atoms. The summed E-state index contributed by atoms with van der Waals surface area (Å²) < 4.78 is 1.09. The molecule has 0 saturated carbocycles. The maximum Gasteiger partial charge on any atom is 0.223 e. The summed E-state index contributed by atoms with van der Waals surface area (Å²) in [6, 6.07) is 8.44. The highest BCUT2D eigenvalue weighted by Gasteiger charge is 2.19. The van der Waals surface area contributed by atoms with E-state index in [0.29, 0.717) is 0 Å². The Bertz CT molecular complexity index is 452. The highest BCUT2D eigenvalue weighted by molar-refractivity contribution is 9.10. The molecule has 1 aliphatic rings. The normalized spacial score (nSPS) is 20.0. The fraction of sp³-hybridized carbons (Fsp3) is 0.438. The third-order valence-electron chi connectivity index (χ3n) is 3.48. The van der Waals surface area contributed by atoms with Crippen molar-refractivity contribution in [3.05, 3.63) is 46.5 Å². The molecule has 0 aromatic heterocycles. The van der Waals surface area contributed by atoms with Crippen LogP contribution in [0.15, 0.2) is 40.9 Å². The fourth-order valence-corrected chi connectivity index (χ4v) is 2.68. The molecule has 1 aliphatic carbocycles. The summed E-state index contributed by atoms with van der Waals surface area (Å²) in [5.41, 5.74) is 1.25.